The molecule has 156 valence electrons. The average molecular weight is 418 g/mol. The van der Waals surface area contributed by atoms with Gasteiger partial charge in [-0.3, -0.25) is 9.59 Å². The van der Waals surface area contributed by atoms with E-state index < -0.39 is 41.5 Å². The van der Waals surface area contributed by atoms with Crippen LogP contribution in [0.15, 0.2) is 65.3 Å². The molecule has 0 spiro atoms. The van der Waals surface area contributed by atoms with Crippen LogP contribution >= 0.6 is 0 Å². The van der Waals surface area contributed by atoms with Gasteiger partial charge < -0.3 is 20.4 Å². The van der Waals surface area contributed by atoms with Crippen LogP contribution in [0.3, 0.4) is 0 Å². The van der Waals surface area contributed by atoms with Crippen molar-refractivity contribution < 1.29 is 32.5 Å². The molecule has 2 amide bonds. The van der Waals surface area contributed by atoms with Gasteiger partial charge in [0.2, 0.25) is 5.91 Å². The summed E-state index contributed by atoms with van der Waals surface area (Å²) in [5, 5.41) is 6.23. The first-order valence-corrected chi connectivity index (χ1v) is 9.07. The second kappa shape index (κ2) is 9.75. The molecule has 0 aliphatic carbocycles. The number of quaternary nitrogens is 1. The van der Waals surface area contributed by atoms with Gasteiger partial charge in [0.1, 0.15) is 0 Å². The fraction of sp³-hybridized carbons (Fsp3) is 0.143. The number of nitrogens with one attached hydrogen (secondary N) is 2. The maximum atomic E-state index is 13.6. The SMILES string of the molecule is O=C(C[NH2+][C@H](c1ccccc1)c1ccco1)NCC(=O)Nc1ccc(F)c(F)c1F. The molecule has 0 saturated carbocycles. The van der Waals surface area contributed by atoms with Gasteiger partial charge >= 0.3 is 0 Å². The summed E-state index contributed by atoms with van der Waals surface area (Å²) in [6, 6.07) is 14.3. The molecule has 0 aliphatic rings. The van der Waals surface area contributed by atoms with Gasteiger partial charge in [-0.25, -0.2) is 13.2 Å². The van der Waals surface area contributed by atoms with Gasteiger partial charge in [-0.1, -0.05) is 30.3 Å². The maximum absolute atomic E-state index is 13.6. The molecule has 3 rings (SSSR count). The van der Waals surface area contributed by atoms with E-state index in [0.717, 1.165) is 11.6 Å². The zero-order valence-corrected chi connectivity index (χ0v) is 15.7. The van der Waals surface area contributed by atoms with E-state index in [-0.39, 0.29) is 12.6 Å². The Morgan fingerprint density at radius 2 is 1.70 bits per heavy atom. The number of anilines is 1. The number of benzene rings is 2. The predicted molar refractivity (Wildman–Crippen MR) is 102 cm³/mol. The molecular formula is C21H19F3N3O3+. The van der Waals surface area contributed by atoms with Crippen LogP contribution in [0.5, 0.6) is 0 Å². The molecule has 0 aliphatic heterocycles. The summed E-state index contributed by atoms with van der Waals surface area (Å²) < 4.78 is 45.2. The van der Waals surface area contributed by atoms with Gasteiger partial charge in [-0.2, -0.15) is 0 Å². The summed E-state index contributed by atoms with van der Waals surface area (Å²) in [5.74, 6) is -5.11. The van der Waals surface area contributed by atoms with Gasteiger partial charge in [0.25, 0.3) is 5.91 Å². The lowest BCUT2D eigenvalue weighted by Gasteiger charge is -2.14. The first-order chi connectivity index (χ1) is 14.5. The van der Waals surface area contributed by atoms with Crippen molar-refractivity contribution in [1.29, 1.82) is 0 Å². The third-order valence-corrected chi connectivity index (χ3v) is 4.30. The fourth-order valence-corrected chi connectivity index (χ4v) is 2.84. The number of furan rings is 1. The van der Waals surface area contributed by atoms with Crippen molar-refractivity contribution in [1.82, 2.24) is 5.32 Å². The standard InChI is InChI=1S/C21H18F3N3O3/c22-14-8-9-15(20(24)19(14)23)27-18(29)12-25-17(28)11-26-21(16-7-4-10-30-16)13-5-2-1-3-6-13/h1-10,21,26H,11-12H2,(H,25,28)(H,27,29)/p+1/t21-/m1/s1. The quantitative estimate of drug-likeness (QED) is 0.490. The second-order valence-electron chi connectivity index (χ2n) is 6.39. The van der Waals surface area contributed by atoms with Crippen LogP contribution in [0, 0.1) is 17.5 Å². The average Bonchev–Trinajstić information content (AvgIpc) is 3.28. The molecule has 0 fully saturated rings. The number of hydrogen-bond donors (Lipinski definition) is 3. The third-order valence-electron chi connectivity index (χ3n) is 4.30. The van der Waals surface area contributed by atoms with E-state index in [9.17, 15) is 22.8 Å². The number of carbonyl (C=O) groups excluding carboxylic acids is 2. The Morgan fingerprint density at radius 1 is 0.933 bits per heavy atom. The van der Waals surface area contributed by atoms with Gasteiger partial charge in [-0.05, 0) is 24.3 Å². The minimum atomic E-state index is -1.68. The number of halogens is 3. The Kier molecular flexibility index (Phi) is 6.87. The molecule has 0 radical (unpaired) electrons. The van der Waals surface area contributed by atoms with E-state index in [2.05, 4.69) is 10.6 Å². The molecule has 3 aromatic rings. The Balaban J connectivity index is 1.52. The molecule has 0 unspecified atom stereocenters. The van der Waals surface area contributed by atoms with Crippen LogP contribution in [0.1, 0.15) is 17.4 Å². The summed E-state index contributed by atoms with van der Waals surface area (Å²) in [6.45, 7) is -0.463. The molecule has 1 atom stereocenters. The highest BCUT2D eigenvalue weighted by molar-refractivity contribution is 5.94. The zero-order chi connectivity index (χ0) is 21.5. The van der Waals surface area contributed by atoms with E-state index in [1.807, 2.05) is 30.3 Å². The van der Waals surface area contributed by atoms with E-state index >= 15 is 0 Å². The predicted octanol–water partition coefficient (Wildman–Crippen LogP) is 2.10. The Labute approximate surface area is 170 Å². The van der Waals surface area contributed by atoms with E-state index in [4.69, 9.17) is 4.42 Å². The lowest BCUT2D eigenvalue weighted by atomic mass is 10.0. The van der Waals surface area contributed by atoms with Crippen LogP contribution in [-0.4, -0.2) is 24.9 Å². The summed E-state index contributed by atoms with van der Waals surface area (Å²) in [6.07, 6.45) is 1.54. The molecule has 30 heavy (non-hydrogen) atoms. The van der Waals surface area contributed by atoms with Crippen LogP contribution in [0.4, 0.5) is 18.9 Å². The summed E-state index contributed by atoms with van der Waals surface area (Å²) >= 11 is 0. The smallest absolute Gasteiger partial charge is 0.275 e. The van der Waals surface area contributed by atoms with E-state index in [0.29, 0.717) is 11.8 Å². The summed E-state index contributed by atoms with van der Waals surface area (Å²) in [7, 11) is 0. The normalized spacial score (nSPS) is 11.7. The molecule has 4 N–H and O–H groups in total. The molecule has 6 nitrogen and oxygen atoms in total. The van der Waals surface area contributed by atoms with Crippen molar-refractivity contribution in [3.63, 3.8) is 0 Å². The third kappa shape index (κ3) is 5.26. The minimum absolute atomic E-state index is 0.00687. The van der Waals surface area contributed by atoms with Gasteiger partial charge in [0.15, 0.2) is 35.8 Å². The number of rotatable bonds is 8. The van der Waals surface area contributed by atoms with Crippen molar-refractivity contribution in [3.8, 4) is 0 Å². The van der Waals surface area contributed by atoms with Crippen LogP contribution in [0.25, 0.3) is 0 Å². The lowest BCUT2D eigenvalue weighted by molar-refractivity contribution is -0.678. The maximum Gasteiger partial charge on any atom is 0.275 e. The highest BCUT2D eigenvalue weighted by Crippen LogP contribution is 2.19. The molecule has 0 bridgehead atoms. The summed E-state index contributed by atoms with van der Waals surface area (Å²) in [5.41, 5.74) is 0.425. The highest BCUT2D eigenvalue weighted by Gasteiger charge is 2.22. The van der Waals surface area contributed by atoms with Crippen molar-refractivity contribution in [3.05, 3.63) is 89.6 Å². The van der Waals surface area contributed by atoms with Crippen molar-refractivity contribution in [2.45, 2.75) is 6.04 Å². The minimum Gasteiger partial charge on any atom is -0.463 e. The molecule has 9 heteroatoms. The summed E-state index contributed by atoms with van der Waals surface area (Å²) in [4.78, 5) is 24.0. The topological polar surface area (TPSA) is 88.0 Å². The van der Waals surface area contributed by atoms with Crippen LogP contribution in [-0.2, 0) is 9.59 Å². The van der Waals surface area contributed by atoms with E-state index in [1.165, 1.54) is 0 Å². The monoisotopic (exact) mass is 418 g/mol. The lowest BCUT2D eigenvalue weighted by Crippen LogP contribution is -2.87. The highest BCUT2D eigenvalue weighted by atomic mass is 19.2. The number of amides is 2. The zero-order valence-electron chi connectivity index (χ0n) is 15.7. The fourth-order valence-electron chi connectivity index (χ4n) is 2.84. The van der Waals surface area contributed by atoms with Crippen LogP contribution in [0.2, 0.25) is 0 Å². The number of carbonyl (C=O) groups is 2. The number of nitrogens with two attached hydrogens (primary N) is 1. The van der Waals surface area contributed by atoms with Gasteiger partial charge in [-0.15, -0.1) is 0 Å². The first-order valence-electron chi connectivity index (χ1n) is 9.07. The first kappa shape index (κ1) is 21.1. The molecule has 1 heterocycles. The van der Waals surface area contributed by atoms with Crippen molar-refractivity contribution in [2.75, 3.05) is 18.4 Å². The Hall–Kier alpha value is -3.59. The largest absolute Gasteiger partial charge is 0.463 e. The van der Waals surface area contributed by atoms with Gasteiger partial charge in [0, 0.05) is 5.56 Å². The number of hydrogen-bond acceptors (Lipinski definition) is 3. The second-order valence-corrected chi connectivity index (χ2v) is 6.39. The van der Waals surface area contributed by atoms with Gasteiger partial charge in [0.05, 0.1) is 18.5 Å². The Bertz CT molecular complexity index is 1010. The molecule has 2 aromatic carbocycles. The molecular weight excluding hydrogens is 399 g/mol. The molecule has 0 saturated heterocycles. The Morgan fingerprint density at radius 3 is 2.40 bits per heavy atom. The van der Waals surface area contributed by atoms with Crippen molar-refractivity contribution >= 4 is 17.5 Å². The van der Waals surface area contributed by atoms with E-state index in [1.54, 1.807) is 23.7 Å². The van der Waals surface area contributed by atoms with Crippen LogP contribution < -0.4 is 16.0 Å². The molecule has 1 aromatic heterocycles. The van der Waals surface area contributed by atoms with Crippen molar-refractivity contribution in [2.24, 2.45) is 0 Å².